The topological polar surface area (TPSA) is 146 Å². The van der Waals surface area contributed by atoms with Gasteiger partial charge in [-0.3, -0.25) is 25.0 Å². The van der Waals surface area contributed by atoms with Crippen LogP contribution in [0, 0.1) is 27.2 Å². The standard InChI is InChI=1S/C23H19ClN4O7/c1-3-34-22-11-15(13-25-26-23(29)17-7-4-14(2)10-18(17)24)5-8-21(22)35-20-9-6-16(27(30)31)12-19(20)28(32)33/h4-13H,3H2,1-2H3,(H,26,29). The van der Waals surface area contributed by atoms with E-state index in [1.807, 2.05) is 6.92 Å². The smallest absolute Gasteiger partial charge is 0.318 e. The van der Waals surface area contributed by atoms with Crippen LogP contribution in [0.5, 0.6) is 17.2 Å². The number of rotatable bonds is 9. The molecule has 0 radical (unpaired) electrons. The number of nitro benzene ring substituents is 2. The number of non-ortho nitro benzene ring substituents is 1. The number of carbonyl (C=O) groups excluding carboxylic acids is 1. The molecule has 0 atom stereocenters. The lowest BCUT2D eigenvalue weighted by Gasteiger charge is -2.12. The van der Waals surface area contributed by atoms with Crippen LogP contribution >= 0.6 is 11.6 Å². The molecule has 0 spiro atoms. The van der Waals surface area contributed by atoms with E-state index in [-0.39, 0.29) is 29.4 Å². The Balaban J connectivity index is 1.81. The minimum Gasteiger partial charge on any atom is -0.490 e. The van der Waals surface area contributed by atoms with Gasteiger partial charge in [-0.2, -0.15) is 5.10 Å². The van der Waals surface area contributed by atoms with Crippen molar-refractivity contribution in [3.63, 3.8) is 0 Å². The second-order valence-electron chi connectivity index (χ2n) is 7.09. The van der Waals surface area contributed by atoms with Crippen LogP contribution < -0.4 is 14.9 Å². The summed E-state index contributed by atoms with van der Waals surface area (Å²) in [5.74, 6) is -0.277. The maximum Gasteiger partial charge on any atom is 0.318 e. The fourth-order valence-electron chi connectivity index (χ4n) is 2.95. The summed E-state index contributed by atoms with van der Waals surface area (Å²) in [7, 11) is 0. The summed E-state index contributed by atoms with van der Waals surface area (Å²) in [4.78, 5) is 33.1. The fraction of sp³-hybridized carbons (Fsp3) is 0.130. The van der Waals surface area contributed by atoms with Crippen LogP contribution in [0.4, 0.5) is 11.4 Å². The third-order valence-corrected chi connectivity index (χ3v) is 4.90. The SMILES string of the molecule is CCOc1cc(C=NNC(=O)c2ccc(C)cc2Cl)ccc1Oc1ccc([N+](=O)[O-])cc1[N+](=O)[O-]. The minimum atomic E-state index is -0.771. The normalized spacial score (nSPS) is 10.7. The van der Waals surface area contributed by atoms with Crippen LogP contribution in [0.15, 0.2) is 59.7 Å². The predicted molar refractivity (Wildman–Crippen MR) is 129 cm³/mol. The molecule has 0 bridgehead atoms. The van der Waals surface area contributed by atoms with Gasteiger partial charge in [-0.05, 0) is 61.4 Å². The average molecular weight is 499 g/mol. The van der Waals surface area contributed by atoms with Gasteiger partial charge >= 0.3 is 5.69 Å². The molecule has 180 valence electrons. The molecular formula is C23H19ClN4O7. The molecule has 0 aromatic heterocycles. The van der Waals surface area contributed by atoms with E-state index in [0.717, 1.165) is 23.8 Å². The van der Waals surface area contributed by atoms with Gasteiger partial charge in [0.25, 0.3) is 11.6 Å². The van der Waals surface area contributed by atoms with Crippen LogP contribution in [0.1, 0.15) is 28.4 Å². The van der Waals surface area contributed by atoms with Crippen molar-refractivity contribution in [3.8, 4) is 17.2 Å². The number of nitrogens with one attached hydrogen (secondary N) is 1. The summed E-state index contributed by atoms with van der Waals surface area (Å²) in [5, 5.41) is 26.5. The first-order valence-corrected chi connectivity index (χ1v) is 10.5. The van der Waals surface area contributed by atoms with Crippen LogP contribution in [0.3, 0.4) is 0 Å². The van der Waals surface area contributed by atoms with E-state index >= 15 is 0 Å². The third-order valence-electron chi connectivity index (χ3n) is 4.59. The molecule has 0 aliphatic heterocycles. The number of nitro groups is 2. The van der Waals surface area contributed by atoms with E-state index < -0.39 is 27.1 Å². The number of hydrogen-bond donors (Lipinski definition) is 1. The predicted octanol–water partition coefficient (Wildman–Crippen LogP) is 5.42. The molecule has 0 heterocycles. The van der Waals surface area contributed by atoms with Crippen molar-refractivity contribution in [2.45, 2.75) is 13.8 Å². The molecule has 12 heteroatoms. The molecule has 0 fully saturated rings. The van der Waals surface area contributed by atoms with Crippen molar-refractivity contribution in [2.24, 2.45) is 5.10 Å². The summed E-state index contributed by atoms with van der Waals surface area (Å²) in [5.41, 5.74) is 3.12. The lowest BCUT2D eigenvalue weighted by atomic mass is 10.1. The first-order chi connectivity index (χ1) is 16.7. The third kappa shape index (κ3) is 6.30. The maximum absolute atomic E-state index is 12.3. The highest BCUT2D eigenvalue weighted by Crippen LogP contribution is 2.38. The summed E-state index contributed by atoms with van der Waals surface area (Å²) < 4.78 is 11.2. The Morgan fingerprint density at radius 3 is 2.43 bits per heavy atom. The zero-order chi connectivity index (χ0) is 25.5. The zero-order valence-corrected chi connectivity index (χ0v) is 19.3. The summed E-state index contributed by atoms with van der Waals surface area (Å²) in [6.45, 7) is 3.86. The Morgan fingerprint density at radius 2 is 1.77 bits per heavy atom. The minimum absolute atomic E-state index is 0.149. The van der Waals surface area contributed by atoms with Gasteiger partial charge in [0.2, 0.25) is 5.75 Å². The van der Waals surface area contributed by atoms with E-state index in [1.54, 1.807) is 37.3 Å². The van der Waals surface area contributed by atoms with Gasteiger partial charge in [0.05, 0.1) is 39.3 Å². The van der Waals surface area contributed by atoms with Crippen LogP contribution in [-0.4, -0.2) is 28.6 Å². The quantitative estimate of drug-likeness (QED) is 0.235. The lowest BCUT2D eigenvalue weighted by molar-refractivity contribution is -0.394. The average Bonchev–Trinajstić information content (AvgIpc) is 2.80. The molecule has 0 aliphatic rings. The van der Waals surface area contributed by atoms with E-state index in [2.05, 4.69) is 10.5 Å². The molecule has 0 saturated carbocycles. The van der Waals surface area contributed by atoms with Crippen LogP contribution in [0.25, 0.3) is 0 Å². The van der Waals surface area contributed by atoms with E-state index in [0.29, 0.717) is 10.6 Å². The highest BCUT2D eigenvalue weighted by atomic mass is 35.5. The summed E-state index contributed by atoms with van der Waals surface area (Å²) in [6.07, 6.45) is 1.38. The summed E-state index contributed by atoms with van der Waals surface area (Å²) >= 11 is 6.10. The van der Waals surface area contributed by atoms with E-state index in [4.69, 9.17) is 21.1 Å². The van der Waals surface area contributed by atoms with Crippen molar-refractivity contribution >= 4 is 35.1 Å². The van der Waals surface area contributed by atoms with Crippen molar-refractivity contribution in [1.82, 2.24) is 5.43 Å². The Kier molecular flexibility index (Phi) is 7.95. The molecular weight excluding hydrogens is 480 g/mol. The molecule has 3 rings (SSSR count). The van der Waals surface area contributed by atoms with Gasteiger partial charge in [0.15, 0.2) is 11.5 Å². The number of hydrogen-bond acceptors (Lipinski definition) is 8. The van der Waals surface area contributed by atoms with Crippen molar-refractivity contribution in [2.75, 3.05) is 6.61 Å². The molecule has 0 unspecified atom stereocenters. The highest BCUT2D eigenvalue weighted by molar-refractivity contribution is 6.33. The Morgan fingerprint density at radius 1 is 1.03 bits per heavy atom. The first kappa shape index (κ1) is 25.1. The van der Waals surface area contributed by atoms with Gasteiger partial charge in [0, 0.05) is 6.07 Å². The number of halogens is 1. The van der Waals surface area contributed by atoms with E-state index in [9.17, 15) is 25.0 Å². The number of benzene rings is 3. The van der Waals surface area contributed by atoms with Gasteiger partial charge < -0.3 is 9.47 Å². The first-order valence-electron chi connectivity index (χ1n) is 10.2. The number of hydrazone groups is 1. The molecule has 3 aromatic carbocycles. The second-order valence-corrected chi connectivity index (χ2v) is 7.50. The van der Waals surface area contributed by atoms with Gasteiger partial charge in [0.1, 0.15) is 0 Å². The number of amides is 1. The molecule has 0 saturated heterocycles. The number of ether oxygens (including phenoxy) is 2. The molecule has 0 aliphatic carbocycles. The maximum atomic E-state index is 12.3. The largest absolute Gasteiger partial charge is 0.490 e. The van der Waals surface area contributed by atoms with Crippen LogP contribution in [-0.2, 0) is 0 Å². The number of carbonyl (C=O) groups is 1. The Bertz CT molecular complexity index is 1330. The molecule has 1 N–H and O–H groups in total. The van der Waals surface area contributed by atoms with Gasteiger partial charge in [-0.15, -0.1) is 0 Å². The molecule has 3 aromatic rings. The fourth-order valence-corrected chi connectivity index (χ4v) is 3.28. The van der Waals surface area contributed by atoms with Crippen LogP contribution in [0.2, 0.25) is 5.02 Å². The molecule has 1 amide bonds. The van der Waals surface area contributed by atoms with Gasteiger partial charge in [-0.25, -0.2) is 5.43 Å². The Hall–Kier alpha value is -4.51. The molecule has 35 heavy (non-hydrogen) atoms. The zero-order valence-electron chi connectivity index (χ0n) is 18.6. The lowest BCUT2D eigenvalue weighted by Crippen LogP contribution is -2.18. The van der Waals surface area contributed by atoms with Gasteiger partial charge in [-0.1, -0.05) is 17.7 Å². The number of nitrogens with zero attached hydrogens (tertiary/aromatic N) is 3. The van der Waals surface area contributed by atoms with Crippen molar-refractivity contribution in [3.05, 3.63) is 96.5 Å². The monoisotopic (exact) mass is 498 g/mol. The molecule has 11 nitrogen and oxygen atoms in total. The van der Waals surface area contributed by atoms with E-state index in [1.165, 1.54) is 12.3 Å². The van der Waals surface area contributed by atoms with Crippen molar-refractivity contribution < 1.29 is 24.1 Å². The number of aryl methyl sites for hydroxylation is 1. The highest BCUT2D eigenvalue weighted by Gasteiger charge is 2.22. The Labute approximate surface area is 204 Å². The second kappa shape index (κ2) is 11.1. The summed E-state index contributed by atoms with van der Waals surface area (Å²) in [6, 6.07) is 12.7. The van der Waals surface area contributed by atoms with Crippen molar-refractivity contribution in [1.29, 1.82) is 0 Å².